The lowest BCUT2D eigenvalue weighted by atomic mass is 10.1. The van der Waals surface area contributed by atoms with E-state index < -0.39 is 6.10 Å². The van der Waals surface area contributed by atoms with E-state index in [0.717, 1.165) is 141 Å². The molecule has 0 aliphatic rings. The summed E-state index contributed by atoms with van der Waals surface area (Å²) in [4.78, 5) is 38.0. The minimum Gasteiger partial charge on any atom is -0.462 e. The first-order valence-corrected chi connectivity index (χ1v) is 26.4. The Hall–Kier alpha value is -3.93. The zero-order valence-electron chi connectivity index (χ0n) is 42.0. The lowest BCUT2D eigenvalue weighted by Crippen LogP contribution is -2.30. The largest absolute Gasteiger partial charge is 0.462 e. The predicted molar refractivity (Wildman–Crippen MR) is 279 cm³/mol. The van der Waals surface area contributed by atoms with Gasteiger partial charge in [0.25, 0.3) is 0 Å². The molecule has 65 heavy (non-hydrogen) atoms. The molecule has 0 heterocycles. The molecule has 1 atom stereocenters. The second-order valence-electron chi connectivity index (χ2n) is 17.0. The standard InChI is InChI=1S/C59H96O6/c1-4-7-10-13-16-19-22-25-27-29-30-31-33-34-37-40-43-46-49-52-58(61)64-55-56(54-63-57(60)51-48-45-42-39-36-24-21-18-15-12-9-6-3)65-59(62)53-50-47-44-41-38-35-32-28-26-23-20-17-14-11-8-5-2/h7,9-10,12,16,18-19,21,25,27-28,30-32,34-35,37-38,56H,4-6,8,11,13-15,17,20,22-24,26,29,33,36,39-55H2,1-3H3/b10-7-,12-9-,19-16-,21-18-,27-25-,31-30-,32-28-,37-34-,38-35-. The van der Waals surface area contributed by atoms with Crippen molar-refractivity contribution in [1.29, 1.82) is 0 Å². The number of carbonyl (C=O) groups excluding carboxylic acids is 3. The van der Waals surface area contributed by atoms with Crippen LogP contribution >= 0.6 is 0 Å². The number of hydrogen-bond donors (Lipinski definition) is 0. The fourth-order valence-electron chi connectivity index (χ4n) is 6.85. The normalized spacial score (nSPS) is 13.0. The number of ether oxygens (including phenoxy) is 3. The van der Waals surface area contributed by atoms with E-state index in [1.54, 1.807) is 0 Å². The number of esters is 3. The average Bonchev–Trinajstić information content (AvgIpc) is 3.30. The van der Waals surface area contributed by atoms with E-state index >= 15 is 0 Å². The summed E-state index contributed by atoms with van der Waals surface area (Å²) in [6.07, 6.45) is 70.8. The van der Waals surface area contributed by atoms with Crippen LogP contribution in [0.3, 0.4) is 0 Å². The second kappa shape index (κ2) is 52.7. The summed E-state index contributed by atoms with van der Waals surface area (Å²) < 4.78 is 16.7. The van der Waals surface area contributed by atoms with Gasteiger partial charge in [0, 0.05) is 19.3 Å². The zero-order valence-corrected chi connectivity index (χ0v) is 42.0. The van der Waals surface area contributed by atoms with Crippen LogP contribution in [-0.2, 0) is 28.6 Å². The monoisotopic (exact) mass is 901 g/mol. The summed E-state index contributed by atoms with van der Waals surface area (Å²) in [6.45, 7) is 6.33. The molecule has 0 fully saturated rings. The molecule has 0 bridgehead atoms. The lowest BCUT2D eigenvalue weighted by molar-refractivity contribution is -0.167. The smallest absolute Gasteiger partial charge is 0.306 e. The first-order valence-electron chi connectivity index (χ1n) is 26.4. The third kappa shape index (κ3) is 50.9. The van der Waals surface area contributed by atoms with E-state index in [2.05, 4.69) is 130 Å². The van der Waals surface area contributed by atoms with Gasteiger partial charge in [0.15, 0.2) is 6.10 Å². The van der Waals surface area contributed by atoms with Crippen LogP contribution in [0.25, 0.3) is 0 Å². The molecule has 0 aliphatic heterocycles. The Kier molecular flexibility index (Phi) is 49.5. The van der Waals surface area contributed by atoms with Gasteiger partial charge in [0.05, 0.1) is 0 Å². The first kappa shape index (κ1) is 61.1. The number of rotatable bonds is 46. The Morgan fingerprint density at radius 1 is 0.338 bits per heavy atom. The number of unbranched alkanes of at least 4 members (excludes halogenated alkanes) is 18. The highest BCUT2D eigenvalue weighted by atomic mass is 16.6. The molecule has 0 saturated carbocycles. The molecule has 1 unspecified atom stereocenters. The van der Waals surface area contributed by atoms with Crippen LogP contribution in [0.5, 0.6) is 0 Å². The molecule has 0 saturated heterocycles. The number of carbonyl (C=O) groups is 3. The fraction of sp³-hybridized carbons (Fsp3) is 0.644. The highest BCUT2D eigenvalue weighted by molar-refractivity contribution is 5.71. The minimum atomic E-state index is -0.813. The molecule has 0 aromatic heterocycles. The first-order chi connectivity index (χ1) is 32.0. The van der Waals surface area contributed by atoms with Gasteiger partial charge in [0.1, 0.15) is 13.2 Å². The van der Waals surface area contributed by atoms with Gasteiger partial charge in [-0.2, -0.15) is 0 Å². The van der Waals surface area contributed by atoms with Crippen molar-refractivity contribution in [3.8, 4) is 0 Å². The molecule has 0 aliphatic carbocycles. The Morgan fingerprint density at radius 2 is 0.646 bits per heavy atom. The van der Waals surface area contributed by atoms with Crippen molar-refractivity contribution in [2.24, 2.45) is 0 Å². The van der Waals surface area contributed by atoms with Crippen molar-refractivity contribution in [2.75, 3.05) is 13.2 Å². The van der Waals surface area contributed by atoms with Crippen LogP contribution in [0.4, 0.5) is 0 Å². The van der Waals surface area contributed by atoms with Gasteiger partial charge < -0.3 is 14.2 Å². The highest BCUT2D eigenvalue weighted by Crippen LogP contribution is 2.12. The minimum absolute atomic E-state index is 0.109. The molecule has 6 heteroatoms. The summed E-state index contributed by atoms with van der Waals surface area (Å²) in [6, 6.07) is 0. The van der Waals surface area contributed by atoms with Crippen LogP contribution in [0.1, 0.15) is 226 Å². The van der Waals surface area contributed by atoms with Crippen LogP contribution in [0, 0.1) is 0 Å². The molecule has 0 aromatic rings. The summed E-state index contributed by atoms with van der Waals surface area (Å²) >= 11 is 0. The molecule has 368 valence electrons. The number of allylic oxidation sites excluding steroid dienone is 18. The van der Waals surface area contributed by atoms with Crippen LogP contribution in [-0.4, -0.2) is 37.2 Å². The van der Waals surface area contributed by atoms with Gasteiger partial charge in [-0.05, 0) is 116 Å². The summed E-state index contributed by atoms with van der Waals surface area (Å²) in [5.41, 5.74) is 0. The topological polar surface area (TPSA) is 78.9 Å². The molecule has 0 spiro atoms. The maximum atomic E-state index is 12.8. The Morgan fingerprint density at radius 3 is 1.05 bits per heavy atom. The van der Waals surface area contributed by atoms with Crippen LogP contribution in [0.15, 0.2) is 109 Å². The summed E-state index contributed by atoms with van der Waals surface area (Å²) in [7, 11) is 0. The van der Waals surface area contributed by atoms with Gasteiger partial charge in [0.2, 0.25) is 0 Å². The van der Waals surface area contributed by atoms with E-state index in [0.29, 0.717) is 12.8 Å². The zero-order chi connectivity index (χ0) is 47.2. The molecule has 6 nitrogen and oxygen atoms in total. The highest BCUT2D eigenvalue weighted by Gasteiger charge is 2.19. The summed E-state index contributed by atoms with van der Waals surface area (Å²) in [5, 5.41) is 0. The Bertz CT molecular complexity index is 1360. The molecule has 0 N–H and O–H groups in total. The summed E-state index contributed by atoms with van der Waals surface area (Å²) in [5.74, 6) is -0.987. The third-order valence-corrected chi connectivity index (χ3v) is 10.8. The van der Waals surface area contributed by atoms with Crippen molar-refractivity contribution in [3.63, 3.8) is 0 Å². The van der Waals surface area contributed by atoms with E-state index in [1.165, 1.54) is 44.9 Å². The third-order valence-electron chi connectivity index (χ3n) is 10.8. The van der Waals surface area contributed by atoms with Crippen molar-refractivity contribution in [2.45, 2.75) is 232 Å². The van der Waals surface area contributed by atoms with Crippen molar-refractivity contribution in [3.05, 3.63) is 109 Å². The quantitative estimate of drug-likeness (QED) is 0.0199. The van der Waals surface area contributed by atoms with E-state index in [4.69, 9.17) is 14.2 Å². The molecule has 0 aromatic carbocycles. The maximum absolute atomic E-state index is 12.8. The molecular weight excluding hydrogens is 805 g/mol. The van der Waals surface area contributed by atoms with Crippen molar-refractivity contribution >= 4 is 17.9 Å². The number of hydrogen-bond acceptors (Lipinski definition) is 6. The molecule has 0 rings (SSSR count). The Labute approximate surface area is 400 Å². The molecule has 0 amide bonds. The van der Waals surface area contributed by atoms with Gasteiger partial charge in [-0.3, -0.25) is 14.4 Å². The van der Waals surface area contributed by atoms with Gasteiger partial charge in [-0.1, -0.05) is 201 Å². The molecule has 0 radical (unpaired) electrons. The fourth-order valence-corrected chi connectivity index (χ4v) is 6.85. The van der Waals surface area contributed by atoms with Crippen LogP contribution in [0.2, 0.25) is 0 Å². The Balaban J connectivity index is 4.51. The van der Waals surface area contributed by atoms with E-state index in [9.17, 15) is 14.4 Å². The second-order valence-corrected chi connectivity index (χ2v) is 17.0. The predicted octanol–water partition coefficient (Wildman–Crippen LogP) is 17.5. The molecular formula is C59H96O6. The van der Waals surface area contributed by atoms with Gasteiger partial charge >= 0.3 is 17.9 Å². The van der Waals surface area contributed by atoms with Gasteiger partial charge in [-0.15, -0.1) is 0 Å². The van der Waals surface area contributed by atoms with Gasteiger partial charge in [-0.25, -0.2) is 0 Å². The lowest BCUT2D eigenvalue weighted by Gasteiger charge is -2.18. The van der Waals surface area contributed by atoms with Crippen LogP contribution < -0.4 is 0 Å². The van der Waals surface area contributed by atoms with Crippen molar-refractivity contribution < 1.29 is 28.6 Å². The van der Waals surface area contributed by atoms with E-state index in [1.807, 2.05) is 0 Å². The van der Waals surface area contributed by atoms with Crippen molar-refractivity contribution in [1.82, 2.24) is 0 Å². The maximum Gasteiger partial charge on any atom is 0.306 e. The average molecular weight is 901 g/mol. The SMILES string of the molecule is CC/C=C\C/C=C\C/C=C\C/C=C\C/C=C\CCCCCC(=O)OCC(COC(=O)CCCCCCC/C=C\C/C=C\CC)OC(=O)CCCCC/C=C\C=C/CCCCCCCCC. The van der Waals surface area contributed by atoms with E-state index in [-0.39, 0.29) is 37.5 Å².